The summed E-state index contributed by atoms with van der Waals surface area (Å²) in [6.07, 6.45) is 1.65. The highest BCUT2D eigenvalue weighted by Gasteiger charge is 1.96. The molecule has 1 aromatic heterocycles. The minimum Gasteiger partial charge on any atom is -0.511 e. The summed E-state index contributed by atoms with van der Waals surface area (Å²) in [6, 6.07) is 11.8. The molecule has 0 fully saturated rings. The van der Waals surface area contributed by atoms with Gasteiger partial charge in [-0.1, -0.05) is 40.2 Å². The van der Waals surface area contributed by atoms with Crippen LogP contribution < -0.4 is 0 Å². The highest BCUT2D eigenvalue weighted by molar-refractivity contribution is 9.09. The normalized spacial score (nSPS) is 11.9. The third kappa shape index (κ3) is 2.36. The number of alkyl halides is 1. The van der Waals surface area contributed by atoms with E-state index in [0.29, 0.717) is 5.33 Å². The van der Waals surface area contributed by atoms with Gasteiger partial charge in [0.1, 0.15) is 5.76 Å². The minimum absolute atomic E-state index is 0.276. The Kier molecular flexibility index (Phi) is 3.02. The smallest absolute Gasteiger partial charge is 0.105 e. The summed E-state index contributed by atoms with van der Waals surface area (Å²) in [5.74, 6) is 0.276. The second-order valence-electron chi connectivity index (χ2n) is 3.20. The number of aliphatic hydroxyl groups is 1. The van der Waals surface area contributed by atoms with Crippen molar-refractivity contribution in [3.63, 3.8) is 0 Å². The van der Waals surface area contributed by atoms with Crippen LogP contribution in [0.1, 0.15) is 5.69 Å². The minimum atomic E-state index is 0.276. The van der Waals surface area contributed by atoms with Gasteiger partial charge in [0, 0.05) is 11.5 Å². The Morgan fingerprint density at radius 1 is 1.27 bits per heavy atom. The van der Waals surface area contributed by atoms with E-state index in [1.54, 1.807) is 6.08 Å². The van der Waals surface area contributed by atoms with Crippen LogP contribution in [0.3, 0.4) is 0 Å². The molecule has 0 saturated heterocycles. The van der Waals surface area contributed by atoms with Gasteiger partial charge in [-0.3, -0.25) is 0 Å². The van der Waals surface area contributed by atoms with Gasteiger partial charge < -0.3 is 5.11 Å². The van der Waals surface area contributed by atoms with Gasteiger partial charge in [-0.15, -0.1) is 0 Å². The zero-order valence-electron chi connectivity index (χ0n) is 8.02. The van der Waals surface area contributed by atoms with Gasteiger partial charge in [0.25, 0.3) is 0 Å². The SMILES string of the molecule is O/C(=C\c1ccc2ccccc2n1)CBr. The molecular weight excluding hydrogens is 254 g/mol. The fraction of sp³-hybridized carbons (Fsp3) is 0.0833. The molecule has 2 rings (SSSR count). The van der Waals surface area contributed by atoms with E-state index in [-0.39, 0.29) is 5.76 Å². The predicted molar refractivity (Wildman–Crippen MR) is 66.1 cm³/mol. The first-order valence-electron chi connectivity index (χ1n) is 4.61. The number of halogens is 1. The lowest BCUT2D eigenvalue weighted by Gasteiger charge is -1.99. The standard InChI is InChI=1S/C12H10BrNO/c13-8-11(15)7-10-6-5-9-3-1-2-4-12(9)14-10/h1-7,15H,8H2/b11-7-. The van der Waals surface area contributed by atoms with E-state index < -0.39 is 0 Å². The van der Waals surface area contributed by atoms with E-state index in [0.717, 1.165) is 16.6 Å². The lowest BCUT2D eigenvalue weighted by atomic mass is 10.2. The van der Waals surface area contributed by atoms with Crippen LogP contribution in [0.4, 0.5) is 0 Å². The Morgan fingerprint density at radius 2 is 2.07 bits per heavy atom. The average Bonchev–Trinajstić information content (AvgIpc) is 2.29. The fourth-order valence-corrected chi connectivity index (χ4v) is 1.53. The molecule has 1 aromatic carbocycles. The quantitative estimate of drug-likeness (QED) is 0.664. The number of benzene rings is 1. The largest absolute Gasteiger partial charge is 0.511 e. The second-order valence-corrected chi connectivity index (χ2v) is 3.76. The molecule has 0 aliphatic heterocycles. The van der Waals surface area contributed by atoms with E-state index in [1.807, 2.05) is 36.4 Å². The van der Waals surface area contributed by atoms with Gasteiger partial charge in [-0.25, -0.2) is 4.98 Å². The number of aromatic nitrogens is 1. The molecule has 0 unspecified atom stereocenters. The summed E-state index contributed by atoms with van der Waals surface area (Å²) in [5.41, 5.74) is 1.71. The van der Waals surface area contributed by atoms with Crippen LogP contribution >= 0.6 is 15.9 Å². The number of hydrogen-bond acceptors (Lipinski definition) is 2. The van der Waals surface area contributed by atoms with Crippen molar-refractivity contribution in [1.29, 1.82) is 0 Å². The molecule has 0 aliphatic rings. The maximum atomic E-state index is 9.36. The van der Waals surface area contributed by atoms with Crippen LogP contribution in [0.2, 0.25) is 0 Å². The lowest BCUT2D eigenvalue weighted by molar-refractivity contribution is 0.423. The highest BCUT2D eigenvalue weighted by Crippen LogP contribution is 2.13. The zero-order valence-corrected chi connectivity index (χ0v) is 9.61. The molecule has 1 N–H and O–H groups in total. The van der Waals surface area contributed by atoms with Crippen LogP contribution in [-0.4, -0.2) is 15.4 Å². The van der Waals surface area contributed by atoms with E-state index in [9.17, 15) is 5.11 Å². The average molecular weight is 264 g/mol. The van der Waals surface area contributed by atoms with Crippen LogP contribution in [0, 0.1) is 0 Å². The van der Waals surface area contributed by atoms with Crippen molar-refractivity contribution < 1.29 is 5.11 Å². The summed E-state index contributed by atoms with van der Waals surface area (Å²) in [7, 11) is 0. The predicted octanol–water partition coefficient (Wildman–Crippen LogP) is 3.53. The summed E-state index contributed by atoms with van der Waals surface area (Å²) in [4.78, 5) is 4.41. The third-order valence-corrected chi connectivity index (χ3v) is 2.65. The molecule has 0 bridgehead atoms. The van der Waals surface area contributed by atoms with Gasteiger partial charge >= 0.3 is 0 Å². The van der Waals surface area contributed by atoms with Gasteiger partial charge in [0.15, 0.2) is 0 Å². The summed E-state index contributed by atoms with van der Waals surface area (Å²) in [5, 5.41) is 10.9. The van der Waals surface area contributed by atoms with E-state index in [4.69, 9.17) is 0 Å². The second kappa shape index (κ2) is 4.45. The summed E-state index contributed by atoms with van der Waals surface area (Å²) >= 11 is 3.18. The number of aliphatic hydroxyl groups excluding tert-OH is 1. The molecule has 15 heavy (non-hydrogen) atoms. The fourth-order valence-electron chi connectivity index (χ4n) is 1.37. The summed E-state index contributed by atoms with van der Waals surface area (Å²) < 4.78 is 0. The Bertz CT molecular complexity index is 508. The van der Waals surface area contributed by atoms with E-state index in [2.05, 4.69) is 20.9 Å². The van der Waals surface area contributed by atoms with Crippen molar-refractivity contribution in [3.8, 4) is 0 Å². The number of nitrogens with zero attached hydrogens (tertiary/aromatic N) is 1. The molecule has 0 atom stereocenters. The van der Waals surface area contributed by atoms with Crippen LogP contribution in [0.5, 0.6) is 0 Å². The number of pyridine rings is 1. The maximum absolute atomic E-state index is 9.36. The molecule has 0 spiro atoms. The number of rotatable bonds is 2. The third-order valence-electron chi connectivity index (χ3n) is 2.07. The Labute approximate surface area is 96.4 Å². The first kappa shape index (κ1) is 10.2. The Hall–Kier alpha value is -1.35. The van der Waals surface area contributed by atoms with Crippen molar-refractivity contribution in [3.05, 3.63) is 47.9 Å². The van der Waals surface area contributed by atoms with E-state index in [1.165, 1.54) is 0 Å². The number of hydrogen-bond donors (Lipinski definition) is 1. The molecule has 0 saturated carbocycles. The first-order chi connectivity index (χ1) is 7.29. The topological polar surface area (TPSA) is 33.1 Å². The van der Waals surface area contributed by atoms with Gasteiger partial charge in [-0.2, -0.15) is 0 Å². The number of para-hydroxylation sites is 1. The van der Waals surface area contributed by atoms with Crippen LogP contribution in [0.15, 0.2) is 42.2 Å². The monoisotopic (exact) mass is 263 g/mol. The highest BCUT2D eigenvalue weighted by atomic mass is 79.9. The zero-order chi connectivity index (χ0) is 10.7. The molecule has 2 nitrogen and oxygen atoms in total. The molecule has 1 heterocycles. The van der Waals surface area contributed by atoms with Gasteiger partial charge in [0.05, 0.1) is 16.5 Å². The molecule has 76 valence electrons. The molecule has 0 amide bonds. The van der Waals surface area contributed by atoms with Crippen LogP contribution in [0.25, 0.3) is 17.0 Å². The van der Waals surface area contributed by atoms with E-state index >= 15 is 0 Å². The Balaban J connectivity index is 2.47. The molecule has 3 heteroatoms. The van der Waals surface area contributed by atoms with Crippen molar-refractivity contribution >= 4 is 32.9 Å². The van der Waals surface area contributed by atoms with Gasteiger partial charge in [0.2, 0.25) is 0 Å². The van der Waals surface area contributed by atoms with Crippen molar-refractivity contribution in [2.45, 2.75) is 0 Å². The van der Waals surface area contributed by atoms with Crippen molar-refractivity contribution in [2.24, 2.45) is 0 Å². The first-order valence-corrected chi connectivity index (χ1v) is 5.73. The summed E-state index contributed by atoms with van der Waals surface area (Å²) in [6.45, 7) is 0. The van der Waals surface area contributed by atoms with Crippen LogP contribution in [-0.2, 0) is 0 Å². The lowest BCUT2D eigenvalue weighted by Crippen LogP contribution is -1.86. The molecular formula is C12H10BrNO. The number of allylic oxidation sites excluding steroid dienone is 1. The van der Waals surface area contributed by atoms with Gasteiger partial charge in [-0.05, 0) is 12.1 Å². The number of fused-ring (bicyclic) bond motifs is 1. The van der Waals surface area contributed by atoms with Crippen molar-refractivity contribution in [2.75, 3.05) is 5.33 Å². The van der Waals surface area contributed by atoms with Crippen molar-refractivity contribution in [1.82, 2.24) is 4.98 Å². The maximum Gasteiger partial charge on any atom is 0.105 e. The molecule has 0 radical (unpaired) electrons. The molecule has 0 aliphatic carbocycles. The Morgan fingerprint density at radius 3 is 2.87 bits per heavy atom. The molecule has 2 aromatic rings.